The fourth-order valence-electron chi connectivity index (χ4n) is 4.37. The van der Waals surface area contributed by atoms with E-state index in [2.05, 4.69) is 13.8 Å². The van der Waals surface area contributed by atoms with Crippen molar-refractivity contribution in [2.75, 3.05) is 18.6 Å². The van der Waals surface area contributed by atoms with Gasteiger partial charge < -0.3 is 14.5 Å². The van der Waals surface area contributed by atoms with Crippen molar-refractivity contribution in [1.29, 1.82) is 0 Å². The van der Waals surface area contributed by atoms with Crippen molar-refractivity contribution < 1.29 is 14.3 Å². The Bertz CT molecular complexity index is 680. The Kier molecular flexibility index (Phi) is 5.54. The van der Waals surface area contributed by atoms with E-state index in [1.807, 2.05) is 30.0 Å². The minimum atomic E-state index is -0.268. The number of carbonyl (C=O) groups excluding carboxylic acids is 2. The van der Waals surface area contributed by atoms with Gasteiger partial charge in [0, 0.05) is 25.0 Å². The number of hydrogen-bond donors (Lipinski definition) is 0. The third kappa shape index (κ3) is 3.57. The minimum absolute atomic E-state index is 0.00220. The van der Waals surface area contributed by atoms with Crippen LogP contribution in [0.1, 0.15) is 51.5 Å². The van der Waals surface area contributed by atoms with Crippen LogP contribution in [0.4, 0.5) is 5.69 Å². The molecular formula is C21H30N2O3. The van der Waals surface area contributed by atoms with Crippen LogP contribution in [-0.2, 0) is 9.59 Å². The predicted molar refractivity (Wildman–Crippen MR) is 102 cm³/mol. The van der Waals surface area contributed by atoms with Crippen molar-refractivity contribution in [3.8, 4) is 5.75 Å². The van der Waals surface area contributed by atoms with Crippen molar-refractivity contribution in [1.82, 2.24) is 4.90 Å². The van der Waals surface area contributed by atoms with Crippen LogP contribution in [0.25, 0.3) is 0 Å². The summed E-state index contributed by atoms with van der Waals surface area (Å²) in [5, 5.41) is 0. The van der Waals surface area contributed by atoms with E-state index >= 15 is 0 Å². The number of hydrogen-bond acceptors (Lipinski definition) is 3. The molecule has 5 nitrogen and oxygen atoms in total. The first kappa shape index (κ1) is 18.7. The molecule has 0 N–H and O–H groups in total. The zero-order valence-corrected chi connectivity index (χ0v) is 16.3. The molecule has 1 saturated heterocycles. The van der Waals surface area contributed by atoms with E-state index in [9.17, 15) is 9.59 Å². The molecule has 0 radical (unpaired) electrons. The van der Waals surface area contributed by atoms with Gasteiger partial charge in [-0.1, -0.05) is 18.9 Å². The molecule has 2 fully saturated rings. The first-order chi connectivity index (χ1) is 12.4. The lowest BCUT2D eigenvalue weighted by Gasteiger charge is -2.34. The molecule has 1 saturated carbocycles. The number of carbonyl (C=O) groups is 2. The van der Waals surface area contributed by atoms with Crippen LogP contribution in [0.5, 0.6) is 5.75 Å². The van der Waals surface area contributed by atoms with Crippen LogP contribution in [-0.4, -0.2) is 42.5 Å². The second-order valence-corrected chi connectivity index (χ2v) is 7.86. The first-order valence-electron chi connectivity index (χ1n) is 9.69. The van der Waals surface area contributed by atoms with E-state index in [1.54, 1.807) is 12.0 Å². The van der Waals surface area contributed by atoms with Crippen molar-refractivity contribution >= 4 is 17.5 Å². The van der Waals surface area contributed by atoms with Crippen LogP contribution in [0.2, 0.25) is 0 Å². The van der Waals surface area contributed by atoms with Gasteiger partial charge in [0.2, 0.25) is 11.8 Å². The highest BCUT2D eigenvalue weighted by Gasteiger charge is 2.40. The smallest absolute Gasteiger partial charge is 0.228 e. The van der Waals surface area contributed by atoms with Gasteiger partial charge in [-0.15, -0.1) is 0 Å². The maximum absolute atomic E-state index is 13.2. The van der Waals surface area contributed by atoms with Crippen LogP contribution < -0.4 is 9.64 Å². The zero-order chi connectivity index (χ0) is 18.8. The maximum Gasteiger partial charge on any atom is 0.228 e. The van der Waals surface area contributed by atoms with Crippen molar-refractivity contribution in [2.45, 2.75) is 65.0 Å². The van der Waals surface area contributed by atoms with Crippen molar-refractivity contribution in [3.05, 3.63) is 23.8 Å². The van der Waals surface area contributed by atoms with Gasteiger partial charge in [0.15, 0.2) is 0 Å². The standard InChI is InChI=1S/C21H30N2O3/c1-14(2)23(17-7-5-6-8-17)21(25)16-12-20(24)22(13-16)18-11-15(3)9-10-19(18)26-4/h9-11,14,16-17H,5-8,12-13H2,1-4H3. The van der Waals surface area contributed by atoms with Crippen LogP contribution in [0.3, 0.4) is 0 Å². The summed E-state index contributed by atoms with van der Waals surface area (Å²) in [5.74, 6) is 0.543. The van der Waals surface area contributed by atoms with E-state index in [0.717, 1.165) is 24.1 Å². The number of anilines is 1. The first-order valence-corrected chi connectivity index (χ1v) is 9.69. The van der Waals surface area contributed by atoms with Gasteiger partial charge in [0.1, 0.15) is 5.75 Å². The summed E-state index contributed by atoms with van der Waals surface area (Å²) in [7, 11) is 1.61. The molecule has 5 heteroatoms. The van der Waals surface area contributed by atoms with Gasteiger partial charge in [-0.05, 0) is 51.3 Å². The Morgan fingerprint density at radius 1 is 1.27 bits per heavy atom. The summed E-state index contributed by atoms with van der Waals surface area (Å²) >= 11 is 0. The van der Waals surface area contributed by atoms with Crippen LogP contribution in [0, 0.1) is 12.8 Å². The average Bonchev–Trinajstić information content (AvgIpc) is 3.24. The molecule has 2 aliphatic rings. The van der Waals surface area contributed by atoms with E-state index in [-0.39, 0.29) is 30.2 Å². The maximum atomic E-state index is 13.2. The minimum Gasteiger partial charge on any atom is -0.495 e. The number of amides is 2. The molecule has 2 amide bonds. The van der Waals surface area contributed by atoms with Crippen LogP contribution in [0.15, 0.2) is 18.2 Å². The summed E-state index contributed by atoms with van der Waals surface area (Å²) < 4.78 is 5.43. The Labute approximate surface area is 156 Å². The Morgan fingerprint density at radius 3 is 2.58 bits per heavy atom. The van der Waals surface area contributed by atoms with E-state index < -0.39 is 0 Å². The van der Waals surface area contributed by atoms with Gasteiger partial charge in [0.25, 0.3) is 0 Å². The predicted octanol–water partition coefficient (Wildman–Crippen LogP) is 3.54. The highest BCUT2D eigenvalue weighted by Crippen LogP contribution is 2.35. The Morgan fingerprint density at radius 2 is 1.96 bits per heavy atom. The third-order valence-electron chi connectivity index (χ3n) is 5.63. The lowest BCUT2D eigenvalue weighted by atomic mass is 10.0. The lowest BCUT2D eigenvalue weighted by Crippen LogP contribution is -2.47. The van der Waals surface area contributed by atoms with Crippen molar-refractivity contribution in [3.63, 3.8) is 0 Å². The summed E-state index contributed by atoms with van der Waals surface area (Å²) in [4.78, 5) is 29.7. The quantitative estimate of drug-likeness (QED) is 0.809. The summed E-state index contributed by atoms with van der Waals surface area (Å²) in [6, 6.07) is 6.31. The van der Waals surface area contributed by atoms with Crippen molar-refractivity contribution in [2.24, 2.45) is 5.92 Å². The number of benzene rings is 1. The van der Waals surface area contributed by atoms with E-state index in [0.29, 0.717) is 18.3 Å². The molecule has 1 heterocycles. The molecular weight excluding hydrogens is 328 g/mol. The average molecular weight is 358 g/mol. The van der Waals surface area contributed by atoms with Gasteiger partial charge >= 0.3 is 0 Å². The Hall–Kier alpha value is -2.04. The number of rotatable bonds is 5. The van der Waals surface area contributed by atoms with E-state index in [4.69, 9.17) is 4.74 Å². The van der Waals surface area contributed by atoms with Gasteiger partial charge in [0.05, 0.1) is 18.7 Å². The highest BCUT2D eigenvalue weighted by atomic mass is 16.5. The number of aryl methyl sites for hydroxylation is 1. The molecule has 142 valence electrons. The largest absolute Gasteiger partial charge is 0.495 e. The molecule has 0 bridgehead atoms. The fraction of sp³-hybridized carbons (Fsp3) is 0.619. The fourth-order valence-corrected chi connectivity index (χ4v) is 4.37. The van der Waals surface area contributed by atoms with Gasteiger partial charge in [-0.3, -0.25) is 9.59 Å². The highest BCUT2D eigenvalue weighted by molar-refractivity contribution is 6.01. The van der Waals surface area contributed by atoms with Gasteiger partial charge in [-0.2, -0.15) is 0 Å². The molecule has 3 rings (SSSR count). The second-order valence-electron chi connectivity index (χ2n) is 7.86. The molecule has 26 heavy (non-hydrogen) atoms. The topological polar surface area (TPSA) is 49.9 Å². The molecule has 1 atom stereocenters. The SMILES string of the molecule is COc1ccc(C)cc1N1CC(C(=O)N(C(C)C)C2CCCC2)CC1=O. The number of methoxy groups -OCH3 is 1. The Balaban J connectivity index is 1.80. The molecule has 0 aromatic heterocycles. The van der Waals surface area contributed by atoms with E-state index in [1.165, 1.54) is 12.8 Å². The summed E-state index contributed by atoms with van der Waals surface area (Å²) in [5.41, 5.74) is 1.84. The molecule has 1 aromatic carbocycles. The summed E-state index contributed by atoms with van der Waals surface area (Å²) in [6.07, 6.45) is 4.83. The number of ether oxygens (including phenoxy) is 1. The lowest BCUT2D eigenvalue weighted by molar-refractivity contribution is -0.140. The zero-order valence-electron chi connectivity index (χ0n) is 16.3. The molecule has 0 spiro atoms. The van der Waals surface area contributed by atoms with Gasteiger partial charge in [-0.25, -0.2) is 0 Å². The summed E-state index contributed by atoms with van der Waals surface area (Å²) in [6.45, 7) is 6.59. The van der Waals surface area contributed by atoms with Crippen LogP contribution >= 0.6 is 0 Å². The monoisotopic (exact) mass is 358 g/mol. The molecule has 1 aliphatic carbocycles. The normalized spacial score (nSPS) is 20.9. The third-order valence-corrected chi connectivity index (χ3v) is 5.63. The molecule has 1 aromatic rings. The number of nitrogens with zero attached hydrogens (tertiary/aromatic N) is 2. The molecule has 1 aliphatic heterocycles. The molecule has 1 unspecified atom stereocenters. The second kappa shape index (κ2) is 7.68.